The highest BCUT2D eigenvalue weighted by Gasteiger charge is 2.56. The number of fused-ring (bicyclic) bond motifs is 1. The van der Waals surface area contributed by atoms with Crippen LogP contribution in [0.3, 0.4) is 0 Å². The van der Waals surface area contributed by atoms with Crippen molar-refractivity contribution in [1.82, 2.24) is 4.90 Å². The molecule has 0 radical (unpaired) electrons. The van der Waals surface area contributed by atoms with Crippen molar-refractivity contribution in [2.24, 2.45) is 0 Å². The van der Waals surface area contributed by atoms with Gasteiger partial charge in [-0.25, -0.2) is 0 Å². The third-order valence-electron chi connectivity index (χ3n) is 12.0. The van der Waals surface area contributed by atoms with E-state index < -0.39 is 199 Å². The molecule has 0 bridgehead atoms. The van der Waals surface area contributed by atoms with Crippen molar-refractivity contribution >= 4 is 37.5 Å². The zero-order chi connectivity index (χ0) is 62.2. The molecule has 0 amide bonds. The standard InChI is InChI=1S/C50H37F24NO6P2/c1-42(2)76-22-37-38(79-42)39(80-82(32-13-24(43(51,52)53)9-25(14-32)44(54,55)56)33-15-26(45(57,58)59)10-27(16-33)46(60,61)62)40(41(78-37)77-36-8-6-5-7-23(36)21-75(3)4)81-83(34-17-28(47(63,64)65)11-29(18-34)48(66,67)68)35-19-30(49(69,70)71)12-31(20-35)50(72,73)74/h5-20,37-41H,21-22H2,1-4H3/t37-,38-,39+,40-,41-/m1/s1. The van der Waals surface area contributed by atoms with Gasteiger partial charge in [-0.2, -0.15) is 105 Å². The van der Waals surface area contributed by atoms with E-state index in [1.165, 1.54) is 37.2 Å². The molecule has 83 heavy (non-hydrogen) atoms. The average Bonchev–Trinajstić information content (AvgIpc) is 3.34. The number of alkyl halides is 24. The number of hydrogen-bond donors (Lipinski definition) is 0. The molecule has 0 spiro atoms. The number of nitrogens with zero attached hydrogens (tertiary/aromatic N) is 1. The summed E-state index contributed by atoms with van der Waals surface area (Å²) in [7, 11) is -5.51. The molecule has 2 aliphatic heterocycles. The molecule has 5 atom stereocenters. The molecule has 2 heterocycles. The number of hydrogen-bond acceptors (Lipinski definition) is 7. The first-order chi connectivity index (χ1) is 37.7. The average molecular weight is 1270 g/mol. The fraction of sp³-hybridized carbons (Fsp3) is 0.400. The van der Waals surface area contributed by atoms with E-state index in [1.54, 1.807) is 0 Å². The lowest BCUT2D eigenvalue weighted by molar-refractivity contribution is -0.367. The highest BCUT2D eigenvalue weighted by Crippen LogP contribution is 2.52. The SMILES string of the molecule is CN(C)Cc1ccccc1O[C@@H]1O[C@@H]2COC(C)(C)O[C@H]2[C@H](OP(c2cc(C(F)(F)F)cc(C(F)(F)F)c2)c2cc(C(F)(F)F)cc(C(F)(F)F)c2)[C@H]1OP(c1cc(C(F)(F)F)cc(C(F)(F)F)c1)c1cc(C(F)(F)F)cc(C(F)(F)F)c1. The Labute approximate surface area is 455 Å². The normalized spacial score (nSPS) is 20.5. The Morgan fingerprint density at radius 1 is 0.458 bits per heavy atom. The molecule has 7 rings (SSSR count). The lowest BCUT2D eigenvalue weighted by atomic mass is 9.97. The van der Waals surface area contributed by atoms with Crippen molar-refractivity contribution in [3.8, 4) is 5.75 Å². The Kier molecular flexibility index (Phi) is 18.1. The van der Waals surface area contributed by atoms with Gasteiger partial charge in [0.15, 0.2) is 11.9 Å². The number of ether oxygens (including phenoxy) is 4. The molecule has 0 aliphatic carbocycles. The van der Waals surface area contributed by atoms with Gasteiger partial charge in [-0.3, -0.25) is 0 Å². The molecule has 0 aromatic heterocycles. The second kappa shape index (κ2) is 22.9. The summed E-state index contributed by atoms with van der Waals surface area (Å²) in [5, 5.41) is -6.14. The topological polar surface area (TPSA) is 58.6 Å². The van der Waals surface area contributed by atoms with Gasteiger partial charge in [0.25, 0.3) is 0 Å². The Morgan fingerprint density at radius 3 is 1.06 bits per heavy atom. The molecule has 0 unspecified atom stereocenters. The summed E-state index contributed by atoms with van der Waals surface area (Å²) in [5.74, 6) is -2.42. The molecule has 33 heteroatoms. The summed E-state index contributed by atoms with van der Waals surface area (Å²) >= 11 is 0. The van der Waals surface area contributed by atoms with E-state index >= 15 is 0 Å². The van der Waals surface area contributed by atoms with Crippen molar-refractivity contribution in [3.05, 3.63) is 147 Å². The quantitative estimate of drug-likeness (QED) is 0.0911. The summed E-state index contributed by atoms with van der Waals surface area (Å²) in [6.45, 7) is 1.23. The van der Waals surface area contributed by atoms with E-state index in [2.05, 4.69) is 0 Å². The summed E-state index contributed by atoms with van der Waals surface area (Å²) in [4.78, 5) is 1.49. The van der Waals surface area contributed by atoms with Crippen molar-refractivity contribution in [2.45, 2.75) is 106 Å². The predicted molar refractivity (Wildman–Crippen MR) is 246 cm³/mol. The fourth-order valence-corrected chi connectivity index (χ4v) is 12.4. The first-order valence-corrected chi connectivity index (χ1v) is 25.7. The number of para-hydroxylation sites is 1. The summed E-state index contributed by atoms with van der Waals surface area (Å²) in [5.41, 5.74) is -18.0. The van der Waals surface area contributed by atoms with E-state index in [-0.39, 0.29) is 66.4 Å². The van der Waals surface area contributed by atoms with Gasteiger partial charge in [0.2, 0.25) is 6.29 Å². The molecule has 7 nitrogen and oxygen atoms in total. The van der Waals surface area contributed by atoms with Crippen LogP contribution < -0.4 is 26.0 Å². The second-order valence-corrected chi connectivity index (χ2v) is 22.7. The molecular formula is C50H37F24NO6P2. The zero-order valence-corrected chi connectivity index (χ0v) is 43.7. The Hall–Kier alpha value is -5.16. The minimum Gasteiger partial charge on any atom is -0.462 e. The van der Waals surface area contributed by atoms with Gasteiger partial charge in [-0.1, -0.05) is 18.2 Å². The first-order valence-electron chi connectivity index (χ1n) is 23.2. The van der Waals surface area contributed by atoms with E-state index in [1.807, 2.05) is 0 Å². The smallest absolute Gasteiger partial charge is 0.416 e. The molecule has 5 aromatic rings. The van der Waals surface area contributed by atoms with Crippen LogP contribution in [0, 0.1) is 0 Å². The van der Waals surface area contributed by atoms with Crippen LogP contribution in [-0.2, 0) is 79.2 Å². The maximum Gasteiger partial charge on any atom is 0.416 e. The number of benzene rings is 5. The van der Waals surface area contributed by atoms with Crippen LogP contribution in [0.5, 0.6) is 5.75 Å². The van der Waals surface area contributed by atoms with E-state index in [0.29, 0.717) is 0 Å². The molecule has 2 fully saturated rings. The Balaban J connectivity index is 1.64. The molecule has 5 aromatic carbocycles. The van der Waals surface area contributed by atoms with E-state index in [4.69, 9.17) is 28.0 Å². The summed E-state index contributed by atoms with van der Waals surface area (Å²) in [6.07, 6.45) is -59.0. The van der Waals surface area contributed by atoms with Crippen LogP contribution in [0.2, 0.25) is 0 Å². The Bertz CT molecular complexity index is 2850. The fourth-order valence-electron chi connectivity index (χ4n) is 8.35. The minimum absolute atomic E-state index is 0.119. The lowest BCUT2D eigenvalue weighted by Gasteiger charge is -2.51. The van der Waals surface area contributed by atoms with E-state index in [9.17, 15) is 105 Å². The number of halogens is 24. The van der Waals surface area contributed by atoms with Gasteiger partial charge < -0.3 is 32.9 Å². The van der Waals surface area contributed by atoms with Crippen LogP contribution in [0.15, 0.2) is 97.1 Å². The van der Waals surface area contributed by atoms with Crippen LogP contribution in [0.25, 0.3) is 0 Å². The van der Waals surface area contributed by atoms with Gasteiger partial charge >= 0.3 is 49.4 Å². The second-order valence-electron chi connectivity index (χ2n) is 19.1. The molecular weight excluding hydrogens is 1230 g/mol. The monoisotopic (exact) mass is 1270 g/mol. The van der Waals surface area contributed by atoms with E-state index in [0.717, 1.165) is 19.9 Å². The summed E-state index contributed by atoms with van der Waals surface area (Å²) in [6, 6.07) is 1.59. The maximum absolute atomic E-state index is 14.7. The molecule has 0 saturated carbocycles. The van der Waals surface area contributed by atoms with Gasteiger partial charge in [0, 0.05) is 33.3 Å². The van der Waals surface area contributed by atoms with Crippen LogP contribution in [-0.4, -0.2) is 62.1 Å². The third-order valence-corrected chi connectivity index (χ3v) is 15.8. The van der Waals surface area contributed by atoms with Gasteiger partial charge in [0.1, 0.15) is 24.1 Å². The van der Waals surface area contributed by atoms with Gasteiger partial charge in [0.05, 0.1) is 67.4 Å². The molecule has 0 N–H and O–H groups in total. The lowest BCUT2D eigenvalue weighted by Crippen LogP contribution is -2.66. The Morgan fingerprint density at radius 2 is 0.759 bits per heavy atom. The van der Waals surface area contributed by atoms with Crippen molar-refractivity contribution in [3.63, 3.8) is 0 Å². The van der Waals surface area contributed by atoms with Crippen LogP contribution >= 0.6 is 16.3 Å². The van der Waals surface area contributed by atoms with Crippen LogP contribution in [0.1, 0.15) is 63.9 Å². The van der Waals surface area contributed by atoms with Crippen molar-refractivity contribution < 1.29 is 133 Å². The molecule has 2 saturated heterocycles. The predicted octanol–water partition coefficient (Wildman–Crippen LogP) is 15.0. The highest BCUT2D eigenvalue weighted by atomic mass is 31.1. The van der Waals surface area contributed by atoms with Crippen molar-refractivity contribution in [2.75, 3.05) is 20.7 Å². The maximum atomic E-state index is 14.7. The first kappa shape index (κ1) is 65.4. The highest BCUT2D eigenvalue weighted by molar-refractivity contribution is 7.69. The largest absolute Gasteiger partial charge is 0.462 e. The molecule has 2 aliphatic rings. The van der Waals surface area contributed by atoms with Gasteiger partial charge in [-0.15, -0.1) is 0 Å². The zero-order valence-electron chi connectivity index (χ0n) is 41.9. The van der Waals surface area contributed by atoms with Crippen molar-refractivity contribution in [1.29, 1.82) is 0 Å². The molecule has 456 valence electrons. The van der Waals surface area contributed by atoms with Crippen LogP contribution in [0.4, 0.5) is 105 Å². The third kappa shape index (κ3) is 15.8. The number of rotatable bonds is 12. The minimum atomic E-state index is -5.84. The summed E-state index contributed by atoms with van der Waals surface area (Å²) < 4.78 is 388. The van der Waals surface area contributed by atoms with Gasteiger partial charge in [-0.05, 0) is 107 Å².